The average molecular weight is 266 g/mol. The van der Waals surface area contributed by atoms with E-state index in [1.165, 1.54) is 12.8 Å². The van der Waals surface area contributed by atoms with E-state index in [1.54, 1.807) is 12.1 Å². The third-order valence-corrected chi connectivity index (χ3v) is 3.90. The van der Waals surface area contributed by atoms with Crippen molar-refractivity contribution >= 4 is 17.4 Å². The van der Waals surface area contributed by atoms with Crippen LogP contribution >= 0.6 is 11.6 Å². The van der Waals surface area contributed by atoms with Crippen molar-refractivity contribution in [1.82, 2.24) is 4.90 Å². The third-order valence-electron chi connectivity index (χ3n) is 3.65. The minimum absolute atomic E-state index is 0.0447. The Morgan fingerprint density at radius 2 is 2.00 bits per heavy atom. The number of carbonyl (C=O) groups is 1. The van der Waals surface area contributed by atoms with E-state index in [4.69, 9.17) is 11.6 Å². The number of hydrogen-bond donors (Lipinski definition) is 0. The van der Waals surface area contributed by atoms with E-state index in [1.807, 2.05) is 19.1 Å². The van der Waals surface area contributed by atoms with Crippen molar-refractivity contribution in [3.8, 4) is 0 Å². The van der Waals surface area contributed by atoms with Crippen molar-refractivity contribution in [2.45, 2.75) is 32.7 Å². The van der Waals surface area contributed by atoms with Crippen LogP contribution in [0.2, 0.25) is 5.02 Å². The van der Waals surface area contributed by atoms with Gasteiger partial charge in [0.25, 0.3) is 0 Å². The van der Waals surface area contributed by atoms with Crippen LogP contribution in [0.4, 0.5) is 0 Å². The molecule has 0 bridgehead atoms. The fourth-order valence-corrected chi connectivity index (χ4v) is 2.34. The van der Waals surface area contributed by atoms with Crippen LogP contribution in [0.15, 0.2) is 24.3 Å². The van der Waals surface area contributed by atoms with Gasteiger partial charge in [0.05, 0.1) is 6.04 Å². The summed E-state index contributed by atoms with van der Waals surface area (Å²) in [7, 11) is 0. The maximum atomic E-state index is 12.4. The second kappa shape index (κ2) is 5.85. The van der Waals surface area contributed by atoms with Gasteiger partial charge in [-0.1, -0.05) is 18.5 Å². The monoisotopic (exact) mass is 265 g/mol. The predicted octanol–water partition coefficient (Wildman–Crippen LogP) is 3.64. The molecule has 1 unspecified atom stereocenters. The highest BCUT2D eigenvalue weighted by molar-refractivity contribution is 6.30. The van der Waals surface area contributed by atoms with Crippen molar-refractivity contribution in [3.63, 3.8) is 0 Å². The van der Waals surface area contributed by atoms with Crippen LogP contribution in [0.3, 0.4) is 0 Å². The molecule has 1 aromatic rings. The molecule has 0 aliphatic heterocycles. The first-order valence-corrected chi connectivity index (χ1v) is 7.03. The Kier molecular flexibility index (Phi) is 4.41. The summed E-state index contributed by atoms with van der Waals surface area (Å²) in [6, 6.07) is 7.13. The summed E-state index contributed by atoms with van der Waals surface area (Å²) in [6.07, 6.45) is 2.64. The molecule has 0 amide bonds. The van der Waals surface area contributed by atoms with Gasteiger partial charge in [-0.15, -0.1) is 0 Å². The van der Waals surface area contributed by atoms with Crippen LogP contribution in [0.25, 0.3) is 0 Å². The summed E-state index contributed by atoms with van der Waals surface area (Å²) in [6.45, 7) is 6.10. The van der Waals surface area contributed by atoms with Gasteiger partial charge in [-0.25, -0.2) is 0 Å². The van der Waals surface area contributed by atoms with Gasteiger partial charge in [0.15, 0.2) is 5.78 Å². The summed E-state index contributed by atoms with van der Waals surface area (Å²) in [4.78, 5) is 14.6. The van der Waals surface area contributed by atoms with Crippen molar-refractivity contribution in [3.05, 3.63) is 34.9 Å². The summed E-state index contributed by atoms with van der Waals surface area (Å²) in [5.41, 5.74) is 0.751. The number of benzene rings is 1. The lowest BCUT2D eigenvalue weighted by Gasteiger charge is -2.26. The number of carbonyl (C=O) groups excluding carboxylic acids is 1. The standard InChI is InChI=1S/C15H20ClNO/c1-3-17(10-12-4-5-12)11(2)15(18)13-6-8-14(16)9-7-13/h6-9,11-12H,3-5,10H2,1-2H3. The van der Waals surface area contributed by atoms with Crippen LogP contribution in [0.1, 0.15) is 37.0 Å². The van der Waals surface area contributed by atoms with Crippen molar-refractivity contribution in [2.24, 2.45) is 5.92 Å². The summed E-state index contributed by atoms with van der Waals surface area (Å²) < 4.78 is 0. The minimum Gasteiger partial charge on any atom is -0.294 e. The molecule has 1 aliphatic carbocycles. The number of likely N-dealkylation sites (N-methyl/N-ethyl adjacent to an activating group) is 1. The van der Waals surface area contributed by atoms with Gasteiger partial charge in [0, 0.05) is 17.1 Å². The molecule has 3 heteroatoms. The zero-order chi connectivity index (χ0) is 13.1. The fraction of sp³-hybridized carbons (Fsp3) is 0.533. The lowest BCUT2D eigenvalue weighted by atomic mass is 10.0. The molecule has 1 fully saturated rings. The number of ketones is 1. The van der Waals surface area contributed by atoms with Gasteiger partial charge >= 0.3 is 0 Å². The molecule has 18 heavy (non-hydrogen) atoms. The normalized spacial score (nSPS) is 16.9. The fourth-order valence-electron chi connectivity index (χ4n) is 2.21. The Hall–Kier alpha value is -0.860. The van der Waals surface area contributed by atoms with E-state index < -0.39 is 0 Å². The maximum Gasteiger partial charge on any atom is 0.179 e. The van der Waals surface area contributed by atoms with E-state index in [2.05, 4.69) is 11.8 Å². The highest BCUT2D eigenvalue weighted by atomic mass is 35.5. The molecule has 0 aromatic heterocycles. The number of nitrogens with zero attached hydrogens (tertiary/aromatic N) is 1. The Labute approximate surface area is 114 Å². The lowest BCUT2D eigenvalue weighted by molar-refractivity contribution is 0.0839. The summed E-state index contributed by atoms with van der Waals surface area (Å²) in [5, 5.41) is 0.671. The molecule has 1 aromatic carbocycles. The molecular weight excluding hydrogens is 246 g/mol. The molecule has 1 saturated carbocycles. The SMILES string of the molecule is CCN(CC1CC1)C(C)C(=O)c1ccc(Cl)cc1. The number of Topliss-reactive ketones (excluding diaryl/α,β-unsaturated/α-hetero) is 1. The maximum absolute atomic E-state index is 12.4. The first-order valence-electron chi connectivity index (χ1n) is 6.65. The Bertz CT molecular complexity index is 411. The highest BCUT2D eigenvalue weighted by Crippen LogP contribution is 2.30. The molecule has 98 valence electrons. The molecule has 2 nitrogen and oxygen atoms in total. The zero-order valence-corrected chi connectivity index (χ0v) is 11.8. The van der Waals surface area contributed by atoms with Gasteiger partial charge < -0.3 is 0 Å². The first-order chi connectivity index (χ1) is 8.61. The molecule has 0 heterocycles. The van der Waals surface area contributed by atoms with Crippen molar-refractivity contribution < 1.29 is 4.79 Å². The minimum atomic E-state index is -0.0447. The second-order valence-corrected chi connectivity index (χ2v) is 5.51. The Morgan fingerprint density at radius 1 is 1.39 bits per heavy atom. The molecular formula is C15H20ClNO. The van der Waals surface area contributed by atoms with Gasteiger partial charge in [-0.3, -0.25) is 9.69 Å². The molecule has 0 radical (unpaired) electrons. The van der Waals surface area contributed by atoms with Crippen molar-refractivity contribution in [2.75, 3.05) is 13.1 Å². The summed E-state index contributed by atoms with van der Waals surface area (Å²) >= 11 is 5.84. The molecule has 2 rings (SSSR count). The second-order valence-electron chi connectivity index (χ2n) is 5.08. The van der Waals surface area contributed by atoms with Gasteiger partial charge in [0.1, 0.15) is 0 Å². The van der Waals surface area contributed by atoms with Crippen LogP contribution in [0, 0.1) is 5.92 Å². The van der Waals surface area contributed by atoms with Gasteiger partial charge in [-0.2, -0.15) is 0 Å². The molecule has 1 atom stereocenters. The quantitative estimate of drug-likeness (QED) is 0.732. The zero-order valence-electron chi connectivity index (χ0n) is 11.0. The third kappa shape index (κ3) is 3.33. The van der Waals surface area contributed by atoms with Crippen LogP contribution < -0.4 is 0 Å². The first kappa shape index (κ1) is 13.6. The molecule has 0 saturated heterocycles. The Morgan fingerprint density at radius 3 is 2.50 bits per heavy atom. The van der Waals surface area contributed by atoms with Crippen LogP contribution in [-0.2, 0) is 0 Å². The van der Waals surface area contributed by atoms with E-state index in [0.717, 1.165) is 24.6 Å². The smallest absolute Gasteiger partial charge is 0.179 e. The molecule has 1 aliphatic rings. The van der Waals surface area contributed by atoms with E-state index in [-0.39, 0.29) is 11.8 Å². The molecule has 0 N–H and O–H groups in total. The molecule has 0 spiro atoms. The number of hydrogen-bond acceptors (Lipinski definition) is 2. The average Bonchev–Trinajstić information content (AvgIpc) is 3.19. The summed E-state index contributed by atoms with van der Waals surface area (Å²) in [5.74, 6) is 1.000. The number of halogens is 1. The lowest BCUT2D eigenvalue weighted by Crippen LogP contribution is -2.40. The van der Waals surface area contributed by atoms with E-state index >= 15 is 0 Å². The van der Waals surface area contributed by atoms with Crippen molar-refractivity contribution in [1.29, 1.82) is 0 Å². The van der Waals surface area contributed by atoms with Gasteiger partial charge in [0.2, 0.25) is 0 Å². The van der Waals surface area contributed by atoms with E-state index in [0.29, 0.717) is 5.02 Å². The topological polar surface area (TPSA) is 20.3 Å². The highest BCUT2D eigenvalue weighted by Gasteiger charge is 2.28. The largest absolute Gasteiger partial charge is 0.294 e. The predicted molar refractivity (Wildman–Crippen MR) is 75.2 cm³/mol. The van der Waals surface area contributed by atoms with E-state index in [9.17, 15) is 4.79 Å². The van der Waals surface area contributed by atoms with Crippen LogP contribution in [0.5, 0.6) is 0 Å². The van der Waals surface area contributed by atoms with Gasteiger partial charge in [-0.05, 0) is 56.5 Å². The number of rotatable bonds is 6. The van der Waals surface area contributed by atoms with Crippen LogP contribution in [-0.4, -0.2) is 29.8 Å². The Balaban J connectivity index is 2.03.